The second-order valence-electron chi connectivity index (χ2n) is 8.07. The Kier molecular flexibility index (Phi) is 4.97. The number of aromatic amines is 1. The van der Waals surface area contributed by atoms with Gasteiger partial charge in [0.05, 0.1) is 4.60 Å². The third-order valence-corrected chi connectivity index (χ3v) is 7.07. The molecule has 1 aromatic heterocycles. The number of likely N-dealkylation sites (N-methyl/N-ethyl adjacent to an activating group) is 1. The predicted octanol–water partition coefficient (Wildman–Crippen LogP) is 4.00. The van der Waals surface area contributed by atoms with E-state index in [9.17, 15) is 4.79 Å². The molecule has 27 heavy (non-hydrogen) atoms. The van der Waals surface area contributed by atoms with Crippen LogP contribution >= 0.6 is 15.9 Å². The Morgan fingerprint density at radius 2 is 2.11 bits per heavy atom. The van der Waals surface area contributed by atoms with Crippen LogP contribution in [0.25, 0.3) is 10.9 Å². The molecule has 3 atom stereocenters. The number of halogens is 1. The van der Waals surface area contributed by atoms with Gasteiger partial charge >= 0.3 is 6.03 Å². The lowest BCUT2D eigenvalue weighted by molar-refractivity contribution is 0.124. The van der Waals surface area contributed by atoms with Crippen LogP contribution in [0.4, 0.5) is 4.79 Å². The van der Waals surface area contributed by atoms with E-state index in [2.05, 4.69) is 57.2 Å². The smallest absolute Gasteiger partial charge is 0.317 e. The highest BCUT2D eigenvalue weighted by Gasteiger charge is 2.40. The maximum absolute atomic E-state index is 12.6. The molecule has 0 saturated carbocycles. The zero-order valence-corrected chi connectivity index (χ0v) is 18.2. The molecule has 0 bridgehead atoms. The van der Waals surface area contributed by atoms with E-state index in [0.29, 0.717) is 12.0 Å². The average Bonchev–Trinajstić information content (AvgIpc) is 2.93. The van der Waals surface area contributed by atoms with Crippen molar-refractivity contribution < 1.29 is 4.79 Å². The minimum absolute atomic E-state index is 0.0622. The molecule has 2 aliphatic rings. The number of H-pyrrole nitrogens is 1. The van der Waals surface area contributed by atoms with Gasteiger partial charge in [0.15, 0.2) is 0 Å². The number of aromatic nitrogens is 1. The largest absolute Gasteiger partial charge is 0.349 e. The molecular formula is C21H29BrN4O. The predicted molar refractivity (Wildman–Crippen MR) is 113 cm³/mol. The van der Waals surface area contributed by atoms with Crippen LogP contribution in [0, 0.1) is 6.92 Å². The van der Waals surface area contributed by atoms with Crippen LogP contribution in [0.5, 0.6) is 0 Å². The second kappa shape index (κ2) is 7.13. The summed E-state index contributed by atoms with van der Waals surface area (Å²) >= 11 is 3.74. The molecule has 0 spiro atoms. The van der Waals surface area contributed by atoms with Crippen LogP contribution in [0.1, 0.15) is 42.9 Å². The number of carbonyl (C=O) groups is 1. The number of aryl methyl sites for hydroxylation is 1. The number of nitrogens with one attached hydrogen (secondary N) is 2. The lowest BCUT2D eigenvalue weighted by Gasteiger charge is -2.46. The third kappa shape index (κ3) is 3.17. The normalized spacial score (nSPS) is 24.7. The minimum Gasteiger partial charge on any atom is -0.349 e. The first kappa shape index (κ1) is 18.8. The number of piperidine rings is 1. The summed E-state index contributed by atoms with van der Waals surface area (Å²) in [7, 11) is 2.20. The molecule has 2 amide bonds. The first-order valence-electron chi connectivity index (χ1n) is 9.99. The fourth-order valence-corrected chi connectivity index (χ4v) is 5.66. The maximum Gasteiger partial charge on any atom is 0.317 e. The van der Waals surface area contributed by atoms with Crippen LogP contribution in [0.2, 0.25) is 0 Å². The number of hydrogen-bond donors (Lipinski definition) is 2. The lowest BCUT2D eigenvalue weighted by Crippen LogP contribution is -2.56. The van der Waals surface area contributed by atoms with Gasteiger partial charge < -0.3 is 20.1 Å². The molecule has 2 heterocycles. The highest BCUT2D eigenvalue weighted by molar-refractivity contribution is 9.10. The number of benzene rings is 1. The summed E-state index contributed by atoms with van der Waals surface area (Å²) < 4.78 is 1.12. The van der Waals surface area contributed by atoms with Gasteiger partial charge in [0.1, 0.15) is 0 Å². The molecule has 4 rings (SSSR count). The summed E-state index contributed by atoms with van der Waals surface area (Å²) in [5.41, 5.74) is 5.35. The molecule has 1 aliphatic heterocycles. The number of amides is 2. The van der Waals surface area contributed by atoms with Gasteiger partial charge in [-0.2, -0.15) is 0 Å². The number of rotatable bonds is 3. The Bertz CT molecular complexity index is 873. The average molecular weight is 433 g/mol. The molecule has 1 aliphatic carbocycles. The third-order valence-electron chi connectivity index (χ3n) is 6.39. The first-order valence-corrected chi connectivity index (χ1v) is 10.8. The molecule has 2 aromatic rings. The number of hydrogen-bond acceptors (Lipinski definition) is 2. The highest BCUT2D eigenvalue weighted by atomic mass is 79.9. The number of carbonyl (C=O) groups excluding carboxylic acids is 1. The Labute approximate surface area is 169 Å². The van der Waals surface area contributed by atoms with Crippen LogP contribution < -0.4 is 5.32 Å². The summed E-state index contributed by atoms with van der Waals surface area (Å²) in [4.78, 5) is 20.4. The van der Waals surface area contributed by atoms with Gasteiger partial charge in [-0.15, -0.1) is 0 Å². The number of fused-ring (bicyclic) bond motifs is 2. The summed E-state index contributed by atoms with van der Waals surface area (Å²) in [6.07, 6.45) is 2.05. The molecule has 1 aromatic carbocycles. The van der Waals surface area contributed by atoms with E-state index in [1.54, 1.807) is 0 Å². The zero-order chi connectivity index (χ0) is 19.3. The standard InChI is InChI=1S/C21H29BrN4O/c1-5-26(6-2)21(27)23-13-9-14-15-7-12(3)8-17-19(15)16(20(22)24-17)10-18(14)25(4)11-13/h7-8,13-14,18,24H,5-6,9-11H2,1-4H3,(H,23,27)/t13-,14?,18+/m0/s1. The summed E-state index contributed by atoms with van der Waals surface area (Å²) in [6, 6.07) is 5.32. The number of nitrogens with zero attached hydrogens (tertiary/aromatic N) is 2. The van der Waals surface area contributed by atoms with Crippen molar-refractivity contribution >= 4 is 32.9 Å². The van der Waals surface area contributed by atoms with Crippen molar-refractivity contribution in [2.75, 3.05) is 26.7 Å². The fourth-order valence-electron chi connectivity index (χ4n) is 5.09. The second-order valence-corrected chi connectivity index (χ2v) is 8.86. The van der Waals surface area contributed by atoms with E-state index in [0.717, 1.165) is 37.1 Å². The fraction of sp³-hybridized carbons (Fsp3) is 0.571. The first-order chi connectivity index (χ1) is 12.9. The topological polar surface area (TPSA) is 51.4 Å². The minimum atomic E-state index is 0.0622. The van der Waals surface area contributed by atoms with Crippen molar-refractivity contribution in [3.05, 3.63) is 33.4 Å². The Hall–Kier alpha value is -1.53. The molecule has 1 unspecified atom stereocenters. The molecule has 146 valence electrons. The molecule has 0 radical (unpaired) electrons. The molecule has 5 nitrogen and oxygen atoms in total. The Balaban J connectivity index is 1.66. The molecule has 1 fully saturated rings. The van der Waals surface area contributed by atoms with E-state index in [4.69, 9.17) is 0 Å². The SMILES string of the molecule is CCN(CC)C(=O)N[C@H]1CC2c3cc(C)cc4[nH]c(Br)c(c34)C[C@H]2N(C)C1. The van der Waals surface area contributed by atoms with Gasteiger partial charge in [0.2, 0.25) is 0 Å². The van der Waals surface area contributed by atoms with Gasteiger partial charge in [-0.1, -0.05) is 6.07 Å². The van der Waals surface area contributed by atoms with Crippen LogP contribution in [-0.2, 0) is 6.42 Å². The van der Waals surface area contributed by atoms with Crippen molar-refractivity contribution in [1.29, 1.82) is 0 Å². The maximum atomic E-state index is 12.6. The number of likely N-dealkylation sites (tertiary alicyclic amines) is 1. The van der Waals surface area contributed by atoms with Crippen LogP contribution in [-0.4, -0.2) is 59.6 Å². The van der Waals surface area contributed by atoms with Crippen molar-refractivity contribution in [2.45, 2.75) is 51.6 Å². The van der Waals surface area contributed by atoms with Crippen LogP contribution in [0.15, 0.2) is 16.7 Å². The van der Waals surface area contributed by atoms with Crippen molar-refractivity contribution in [1.82, 2.24) is 20.1 Å². The highest BCUT2D eigenvalue weighted by Crippen LogP contribution is 2.45. The molecule has 1 saturated heterocycles. The molecule has 6 heteroatoms. The summed E-state index contributed by atoms with van der Waals surface area (Å²) in [6.45, 7) is 8.62. The molecule has 2 N–H and O–H groups in total. The van der Waals surface area contributed by atoms with Crippen LogP contribution in [0.3, 0.4) is 0 Å². The lowest BCUT2D eigenvalue weighted by atomic mass is 9.73. The molecular weight excluding hydrogens is 404 g/mol. The van der Waals surface area contributed by atoms with Gasteiger partial charge in [-0.05, 0) is 79.3 Å². The Morgan fingerprint density at radius 1 is 1.37 bits per heavy atom. The van der Waals surface area contributed by atoms with E-state index in [-0.39, 0.29) is 12.1 Å². The quantitative estimate of drug-likeness (QED) is 0.769. The van der Waals surface area contributed by atoms with Gasteiger partial charge in [0, 0.05) is 48.5 Å². The van der Waals surface area contributed by atoms with Crippen molar-refractivity contribution in [3.8, 4) is 0 Å². The zero-order valence-electron chi connectivity index (χ0n) is 16.6. The Morgan fingerprint density at radius 3 is 2.81 bits per heavy atom. The van der Waals surface area contributed by atoms with Crippen molar-refractivity contribution in [2.24, 2.45) is 0 Å². The van der Waals surface area contributed by atoms with Crippen molar-refractivity contribution in [3.63, 3.8) is 0 Å². The van der Waals surface area contributed by atoms with Gasteiger partial charge in [-0.25, -0.2) is 4.79 Å². The van der Waals surface area contributed by atoms with Gasteiger partial charge in [-0.3, -0.25) is 0 Å². The monoisotopic (exact) mass is 432 g/mol. The van der Waals surface area contributed by atoms with E-state index < -0.39 is 0 Å². The summed E-state index contributed by atoms with van der Waals surface area (Å²) in [5, 5.41) is 4.68. The van der Waals surface area contributed by atoms with E-state index >= 15 is 0 Å². The summed E-state index contributed by atoms with van der Waals surface area (Å²) in [5.74, 6) is 0.448. The van der Waals surface area contributed by atoms with Gasteiger partial charge in [0.25, 0.3) is 0 Å². The van der Waals surface area contributed by atoms with E-state index in [1.807, 2.05) is 18.7 Å². The van der Waals surface area contributed by atoms with E-state index in [1.165, 1.54) is 27.6 Å². The number of urea groups is 1.